The van der Waals surface area contributed by atoms with Gasteiger partial charge in [-0.25, -0.2) is 4.79 Å². The lowest BCUT2D eigenvalue weighted by Crippen LogP contribution is -2.28. The first-order valence-electron chi connectivity index (χ1n) is 8.73. The summed E-state index contributed by atoms with van der Waals surface area (Å²) in [5.41, 5.74) is 1.03. The molecule has 2 rings (SSSR count). The summed E-state index contributed by atoms with van der Waals surface area (Å²) in [4.78, 5) is 13.3. The van der Waals surface area contributed by atoms with Crippen LogP contribution >= 0.6 is 0 Å². The third-order valence-corrected chi connectivity index (χ3v) is 3.28. The lowest BCUT2D eigenvalue weighted by molar-refractivity contribution is 0.104. The maximum absolute atomic E-state index is 11.5. The number of nitrogens with zero attached hydrogens (tertiary/aromatic N) is 1. The van der Waals surface area contributed by atoms with E-state index in [-0.39, 0.29) is 6.09 Å². The Balaban J connectivity index is 0.000000540. The Morgan fingerprint density at radius 1 is 1.05 bits per heavy atom. The van der Waals surface area contributed by atoms with E-state index in [1.165, 1.54) is 19.3 Å². The molecule has 1 amide bonds. The minimum Gasteiger partial charge on any atom is -0.445 e. The molecule has 1 aliphatic rings. The molecule has 0 aromatic heterocycles. The normalized spacial score (nSPS) is 12.6. The minimum absolute atomic E-state index is 0.184. The third kappa shape index (κ3) is 9.43. The Kier molecular flexibility index (Phi) is 13.4. The second kappa shape index (κ2) is 14.4. The molecule has 0 unspecified atom stereocenters. The molecule has 1 aliphatic heterocycles. The maximum Gasteiger partial charge on any atom is 0.410 e. The van der Waals surface area contributed by atoms with Gasteiger partial charge in [0.1, 0.15) is 6.61 Å². The first-order chi connectivity index (χ1) is 10.8. The molecule has 22 heavy (non-hydrogen) atoms. The average molecular weight is 307 g/mol. The number of amides is 1. The number of hydrogen-bond acceptors (Lipinski definition) is 2. The van der Waals surface area contributed by atoms with E-state index in [1.807, 2.05) is 44.2 Å². The first kappa shape index (κ1) is 20.5. The highest BCUT2D eigenvalue weighted by molar-refractivity contribution is 5.67. The number of ether oxygens (including phenoxy) is 1. The molecule has 3 heteroatoms. The molecular weight excluding hydrogens is 274 g/mol. The Labute approximate surface area is 136 Å². The second-order valence-corrected chi connectivity index (χ2v) is 5.09. The van der Waals surface area contributed by atoms with Crippen LogP contribution in [0.3, 0.4) is 0 Å². The Bertz CT molecular complexity index is 357. The lowest BCUT2D eigenvalue weighted by Gasteiger charge is -2.14. The monoisotopic (exact) mass is 307 g/mol. The van der Waals surface area contributed by atoms with Crippen LogP contribution in [-0.2, 0) is 11.3 Å². The quantitative estimate of drug-likeness (QED) is 0.720. The van der Waals surface area contributed by atoms with Crippen LogP contribution in [0, 0.1) is 0 Å². The van der Waals surface area contributed by atoms with Gasteiger partial charge in [-0.2, -0.15) is 0 Å². The van der Waals surface area contributed by atoms with Crippen LogP contribution in [0.2, 0.25) is 0 Å². The van der Waals surface area contributed by atoms with Gasteiger partial charge in [0.2, 0.25) is 0 Å². The van der Waals surface area contributed by atoms with Gasteiger partial charge < -0.3 is 9.64 Å². The van der Waals surface area contributed by atoms with Gasteiger partial charge in [-0.1, -0.05) is 77.3 Å². The van der Waals surface area contributed by atoms with Crippen LogP contribution in [0.15, 0.2) is 30.3 Å². The van der Waals surface area contributed by atoms with Crippen LogP contribution in [0.4, 0.5) is 4.79 Å². The fraction of sp³-hybridized carbons (Fsp3) is 0.632. The summed E-state index contributed by atoms with van der Waals surface area (Å²) in [5, 5.41) is 0. The number of benzene rings is 1. The molecule has 0 aliphatic carbocycles. The Morgan fingerprint density at radius 2 is 1.59 bits per heavy atom. The van der Waals surface area contributed by atoms with Crippen LogP contribution in [0.25, 0.3) is 0 Å². The molecule has 126 valence electrons. The molecule has 1 aromatic carbocycles. The van der Waals surface area contributed by atoms with Crippen molar-refractivity contribution in [3.05, 3.63) is 35.9 Å². The zero-order chi connectivity index (χ0) is 16.6. The maximum atomic E-state index is 11.5. The van der Waals surface area contributed by atoms with E-state index in [0.717, 1.165) is 31.5 Å². The highest BCUT2D eigenvalue weighted by atomic mass is 16.6. The van der Waals surface area contributed by atoms with E-state index in [2.05, 4.69) is 13.8 Å². The van der Waals surface area contributed by atoms with Crippen LogP contribution in [0.5, 0.6) is 0 Å². The van der Waals surface area contributed by atoms with E-state index < -0.39 is 0 Å². The Morgan fingerprint density at radius 3 is 2.05 bits per heavy atom. The fourth-order valence-corrected chi connectivity index (χ4v) is 2.06. The van der Waals surface area contributed by atoms with Crippen molar-refractivity contribution in [2.75, 3.05) is 13.1 Å². The average Bonchev–Trinajstić information content (AvgIpc) is 3.11. The molecule has 0 N–H and O–H groups in total. The lowest BCUT2D eigenvalue weighted by atomic mass is 10.2. The van der Waals surface area contributed by atoms with Crippen molar-refractivity contribution < 1.29 is 9.53 Å². The van der Waals surface area contributed by atoms with Crippen molar-refractivity contribution in [3.8, 4) is 0 Å². The number of carbonyl (C=O) groups excluding carboxylic acids is 1. The second-order valence-electron chi connectivity index (χ2n) is 5.09. The number of carbonyl (C=O) groups is 1. The van der Waals surface area contributed by atoms with Gasteiger partial charge in [0.05, 0.1) is 0 Å². The molecule has 0 bridgehead atoms. The van der Waals surface area contributed by atoms with Crippen molar-refractivity contribution >= 4 is 6.09 Å². The van der Waals surface area contributed by atoms with Crippen molar-refractivity contribution in [3.63, 3.8) is 0 Å². The van der Waals surface area contributed by atoms with Crippen LogP contribution < -0.4 is 0 Å². The standard InChI is InChI=1S/C12H15NO2.C5H12.C2H6/c14-12(13-8-4-5-9-13)15-10-11-6-2-1-3-7-11;1-3-5-4-2;1-2/h1-3,6-7H,4-5,8-10H2;3-5H2,1-2H3;1-2H3. The van der Waals surface area contributed by atoms with E-state index in [4.69, 9.17) is 4.74 Å². The van der Waals surface area contributed by atoms with Crippen LogP contribution in [-0.4, -0.2) is 24.1 Å². The SMILES string of the molecule is CC.CCCCC.O=C(OCc1ccccc1)N1CCCC1. The van der Waals surface area contributed by atoms with Crippen molar-refractivity contribution in [1.82, 2.24) is 4.90 Å². The fourth-order valence-electron chi connectivity index (χ4n) is 2.06. The number of likely N-dealkylation sites (tertiary alicyclic amines) is 1. The zero-order valence-electron chi connectivity index (χ0n) is 14.8. The van der Waals surface area contributed by atoms with E-state index in [1.54, 1.807) is 4.90 Å². The highest BCUT2D eigenvalue weighted by Crippen LogP contribution is 2.10. The van der Waals surface area contributed by atoms with Gasteiger partial charge in [0.15, 0.2) is 0 Å². The summed E-state index contributed by atoms with van der Waals surface area (Å²) in [5.74, 6) is 0. The largest absolute Gasteiger partial charge is 0.445 e. The van der Waals surface area contributed by atoms with E-state index in [9.17, 15) is 4.79 Å². The molecular formula is C19H33NO2. The molecule has 1 heterocycles. The predicted octanol–water partition coefficient (Wildman–Crippen LogP) is 5.64. The zero-order valence-corrected chi connectivity index (χ0v) is 14.8. The summed E-state index contributed by atoms with van der Waals surface area (Å²) < 4.78 is 5.20. The molecule has 1 aromatic rings. The molecule has 1 fully saturated rings. The molecule has 0 atom stereocenters. The third-order valence-electron chi connectivity index (χ3n) is 3.28. The summed E-state index contributed by atoms with van der Waals surface area (Å²) in [7, 11) is 0. The number of unbranched alkanes of at least 4 members (excludes halogenated alkanes) is 2. The summed E-state index contributed by atoms with van der Waals surface area (Å²) in [6.45, 7) is 10.5. The van der Waals surface area contributed by atoms with Gasteiger partial charge in [-0.3, -0.25) is 0 Å². The molecule has 0 saturated carbocycles. The minimum atomic E-state index is -0.184. The Hall–Kier alpha value is -1.51. The first-order valence-corrected chi connectivity index (χ1v) is 8.73. The van der Waals surface area contributed by atoms with Gasteiger partial charge in [0, 0.05) is 13.1 Å². The number of hydrogen-bond donors (Lipinski definition) is 0. The van der Waals surface area contributed by atoms with Gasteiger partial charge >= 0.3 is 6.09 Å². The molecule has 0 radical (unpaired) electrons. The van der Waals surface area contributed by atoms with Crippen molar-refractivity contribution in [2.45, 2.75) is 66.4 Å². The smallest absolute Gasteiger partial charge is 0.410 e. The topological polar surface area (TPSA) is 29.5 Å². The van der Waals surface area contributed by atoms with Gasteiger partial charge in [-0.15, -0.1) is 0 Å². The van der Waals surface area contributed by atoms with Crippen LogP contribution in [0.1, 0.15) is 65.4 Å². The summed E-state index contributed by atoms with van der Waals surface area (Å²) in [6.07, 6.45) is 6.09. The number of rotatable bonds is 4. The van der Waals surface area contributed by atoms with Crippen molar-refractivity contribution in [2.24, 2.45) is 0 Å². The van der Waals surface area contributed by atoms with Crippen molar-refractivity contribution in [1.29, 1.82) is 0 Å². The van der Waals surface area contributed by atoms with E-state index >= 15 is 0 Å². The van der Waals surface area contributed by atoms with Gasteiger partial charge in [-0.05, 0) is 18.4 Å². The van der Waals surface area contributed by atoms with Gasteiger partial charge in [0.25, 0.3) is 0 Å². The molecule has 1 saturated heterocycles. The van der Waals surface area contributed by atoms with E-state index in [0.29, 0.717) is 6.61 Å². The summed E-state index contributed by atoms with van der Waals surface area (Å²) in [6, 6.07) is 9.75. The highest BCUT2D eigenvalue weighted by Gasteiger charge is 2.18. The molecule has 0 spiro atoms. The predicted molar refractivity (Wildman–Crippen MR) is 94.0 cm³/mol. The summed E-state index contributed by atoms with van der Waals surface area (Å²) >= 11 is 0. The molecule has 3 nitrogen and oxygen atoms in total.